The molecular formula is C17H24N2O3. The molecule has 2 saturated heterocycles. The van der Waals surface area contributed by atoms with Crippen LogP contribution in [0, 0.1) is 0 Å². The molecule has 0 spiro atoms. The summed E-state index contributed by atoms with van der Waals surface area (Å²) in [6.07, 6.45) is 6.10. The Hall–Kier alpha value is -1.43. The molecule has 0 N–H and O–H groups in total. The van der Waals surface area contributed by atoms with E-state index in [2.05, 4.69) is 22.5 Å². The molecule has 5 nitrogen and oxygen atoms in total. The van der Waals surface area contributed by atoms with Gasteiger partial charge in [0.2, 0.25) is 5.88 Å². The average molecular weight is 304 g/mol. The predicted octanol–water partition coefficient (Wildman–Crippen LogP) is 2.02. The quantitative estimate of drug-likeness (QED) is 0.752. The summed E-state index contributed by atoms with van der Waals surface area (Å²) in [4.78, 5) is 6.73. The second-order valence-electron chi connectivity index (χ2n) is 5.81. The van der Waals surface area contributed by atoms with Crippen LogP contribution in [-0.4, -0.2) is 55.0 Å². The van der Waals surface area contributed by atoms with E-state index in [-0.39, 0.29) is 12.2 Å². The van der Waals surface area contributed by atoms with Crippen LogP contribution >= 0.6 is 0 Å². The molecule has 1 aromatic heterocycles. The standard InChI is InChI=1S/C17H24N2O3/c1-3-9-21-15-12-19(14-7-5-10-22-16(14)15)11-13-6-4-8-18-17(13)20-2/h3-4,6,8,14-16H,1,5,7,9-12H2,2H3/t14-,15-,16+/m1/s1. The van der Waals surface area contributed by atoms with E-state index in [0.717, 1.165) is 38.1 Å². The minimum Gasteiger partial charge on any atom is -0.481 e. The third-order valence-corrected chi connectivity index (χ3v) is 4.43. The van der Waals surface area contributed by atoms with Crippen LogP contribution in [0.2, 0.25) is 0 Å². The van der Waals surface area contributed by atoms with Crippen molar-refractivity contribution in [1.29, 1.82) is 0 Å². The van der Waals surface area contributed by atoms with Gasteiger partial charge in [0, 0.05) is 37.5 Å². The monoisotopic (exact) mass is 304 g/mol. The molecule has 120 valence electrons. The minimum absolute atomic E-state index is 0.117. The molecule has 2 aliphatic rings. The van der Waals surface area contributed by atoms with Crippen LogP contribution in [0.5, 0.6) is 5.88 Å². The van der Waals surface area contributed by atoms with Crippen molar-refractivity contribution in [3.05, 3.63) is 36.5 Å². The zero-order valence-corrected chi connectivity index (χ0v) is 13.1. The zero-order valence-electron chi connectivity index (χ0n) is 13.1. The van der Waals surface area contributed by atoms with Gasteiger partial charge in [-0.25, -0.2) is 4.98 Å². The number of methoxy groups -OCH3 is 1. The molecule has 3 atom stereocenters. The number of fused-ring (bicyclic) bond motifs is 1. The predicted molar refractivity (Wildman–Crippen MR) is 83.9 cm³/mol. The van der Waals surface area contributed by atoms with E-state index in [1.807, 2.05) is 6.07 Å². The number of ether oxygens (including phenoxy) is 3. The van der Waals surface area contributed by atoms with Gasteiger partial charge >= 0.3 is 0 Å². The van der Waals surface area contributed by atoms with E-state index in [0.29, 0.717) is 18.5 Å². The fourth-order valence-electron chi connectivity index (χ4n) is 3.47. The van der Waals surface area contributed by atoms with Gasteiger partial charge in [-0.05, 0) is 18.9 Å². The Bertz CT molecular complexity index is 508. The summed E-state index contributed by atoms with van der Waals surface area (Å²) in [5.74, 6) is 0.700. The maximum Gasteiger partial charge on any atom is 0.217 e. The lowest BCUT2D eigenvalue weighted by Crippen LogP contribution is -2.41. The van der Waals surface area contributed by atoms with Crippen molar-refractivity contribution in [3.63, 3.8) is 0 Å². The smallest absolute Gasteiger partial charge is 0.217 e. The van der Waals surface area contributed by atoms with Gasteiger partial charge < -0.3 is 14.2 Å². The van der Waals surface area contributed by atoms with Crippen molar-refractivity contribution in [2.45, 2.75) is 37.6 Å². The van der Waals surface area contributed by atoms with Gasteiger partial charge in [0.25, 0.3) is 0 Å². The van der Waals surface area contributed by atoms with Crippen LogP contribution in [0.25, 0.3) is 0 Å². The summed E-state index contributed by atoms with van der Waals surface area (Å²) in [6.45, 7) is 6.83. The van der Waals surface area contributed by atoms with Gasteiger partial charge in [0.1, 0.15) is 6.10 Å². The summed E-state index contributed by atoms with van der Waals surface area (Å²) in [5.41, 5.74) is 1.11. The van der Waals surface area contributed by atoms with Gasteiger partial charge in [-0.1, -0.05) is 12.1 Å². The normalized spacial score (nSPS) is 28.3. The molecule has 0 aliphatic carbocycles. The number of hydrogen-bond acceptors (Lipinski definition) is 5. The maximum atomic E-state index is 5.99. The third kappa shape index (κ3) is 3.16. The topological polar surface area (TPSA) is 43.8 Å². The maximum absolute atomic E-state index is 5.99. The fourth-order valence-corrected chi connectivity index (χ4v) is 3.47. The molecule has 1 aromatic rings. The number of likely N-dealkylation sites (tertiary alicyclic amines) is 1. The first-order chi connectivity index (χ1) is 10.8. The highest BCUT2D eigenvalue weighted by atomic mass is 16.5. The van der Waals surface area contributed by atoms with Crippen LogP contribution in [0.3, 0.4) is 0 Å². The molecular weight excluding hydrogens is 280 g/mol. The summed E-state index contributed by atoms with van der Waals surface area (Å²) in [7, 11) is 1.67. The first-order valence-corrected chi connectivity index (χ1v) is 7.89. The number of rotatable bonds is 6. The SMILES string of the molecule is C=CCO[C@@H]1CN(Cc2cccnc2OC)[C@@H]2CCCO[C@@H]21. The van der Waals surface area contributed by atoms with Gasteiger partial charge in [-0.15, -0.1) is 6.58 Å². The Labute approximate surface area is 131 Å². The number of aromatic nitrogens is 1. The van der Waals surface area contributed by atoms with E-state index < -0.39 is 0 Å². The van der Waals surface area contributed by atoms with Crippen molar-refractivity contribution < 1.29 is 14.2 Å². The first kappa shape index (κ1) is 15.5. The van der Waals surface area contributed by atoms with E-state index in [1.165, 1.54) is 0 Å². The highest BCUT2D eigenvalue weighted by Crippen LogP contribution is 2.32. The lowest BCUT2D eigenvalue weighted by atomic mass is 10.0. The fraction of sp³-hybridized carbons (Fsp3) is 0.588. The number of hydrogen-bond donors (Lipinski definition) is 0. The molecule has 22 heavy (non-hydrogen) atoms. The van der Waals surface area contributed by atoms with Gasteiger partial charge in [-0.2, -0.15) is 0 Å². The molecule has 0 saturated carbocycles. The largest absolute Gasteiger partial charge is 0.481 e. The molecule has 2 fully saturated rings. The second-order valence-corrected chi connectivity index (χ2v) is 5.81. The summed E-state index contributed by atoms with van der Waals surface area (Å²) < 4.78 is 17.3. The molecule has 0 amide bonds. The van der Waals surface area contributed by atoms with Crippen LogP contribution < -0.4 is 4.74 Å². The van der Waals surface area contributed by atoms with Gasteiger partial charge in [0.15, 0.2) is 0 Å². The van der Waals surface area contributed by atoms with E-state index >= 15 is 0 Å². The van der Waals surface area contributed by atoms with Gasteiger partial charge in [0.05, 0.1) is 19.8 Å². The van der Waals surface area contributed by atoms with Crippen LogP contribution in [-0.2, 0) is 16.0 Å². The Kier molecular flexibility index (Phi) is 5.08. The van der Waals surface area contributed by atoms with Crippen molar-refractivity contribution >= 4 is 0 Å². The average Bonchev–Trinajstić information content (AvgIpc) is 2.91. The number of pyridine rings is 1. The Morgan fingerprint density at radius 2 is 2.45 bits per heavy atom. The third-order valence-electron chi connectivity index (χ3n) is 4.43. The molecule has 0 aromatic carbocycles. The first-order valence-electron chi connectivity index (χ1n) is 7.89. The molecule has 2 aliphatic heterocycles. The molecule has 3 heterocycles. The molecule has 0 unspecified atom stereocenters. The summed E-state index contributed by atoms with van der Waals surface area (Å²) >= 11 is 0. The zero-order chi connectivity index (χ0) is 15.4. The Morgan fingerprint density at radius 1 is 1.55 bits per heavy atom. The highest BCUT2D eigenvalue weighted by Gasteiger charge is 2.44. The van der Waals surface area contributed by atoms with Crippen molar-refractivity contribution in [2.24, 2.45) is 0 Å². The number of nitrogens with zero attached hydrogens (tertiary/aromatic N) is 2. The Morgan fingerprint density at radius 3 is 3.27 bits per heavy atom. The van der Waals surface area contributed by atoms with Crippen LogP contribution in [0.4, 0.5) is 0 Å². The Balaban J connectivity index is 1.73. The van der Waals surface area contributed by atoms with E-state index in [4.69, 9.17) is 14.2 Å². The molecule has 3 rings (SSSR count). The van der Waals surface area contributed by atoms with E-state index in [1.54, 1.807) is 19.4 Å². The lowest BCUT2D eigenvalue weighted by Gasteiger charge is -2.32. The summed E-state index contributed by atoms with van der Waals surface area (Å²) in [5, 5.41) is 0. The van der Waals surface area contributed by atoms with Crippen LogP contribution in [0.1, 0.15) is 18.4 Å². The molecule has 5 heteroatoms. The van der Waals surface area contributed by atoms with Crippen LogP contribution in [0.15, 0.2) is 31.0 Å². The molecule has 0 bridgehead atoms. The highest BCUT2D eigenvalue weighted by molar-refractivity contribution is 5.25. The van der Waals surface area contributed by atoms with Crippen molar-refractivity contribution in [3.8, 4) is 5.88 Å². The lowest BCUT2D eigenvalue weighted by molar-refractivity contribution is -0.0721. The summed E-state index contributed by atoms with van der Waals surface area (Å²) in [6, 6.07) is 4.44. The molecule has 0 radical (unpaired) electrons. The van der Waals surface area contributed by atoms with Crippen molar-refractivity contribution in [2.75, 3.05) is 26.9 Å². The minimum atomic E-state index is 0.117. The van der Waals surface area contributed by atoms with Crippen molar-refractivity contribution in [1.82, 2.24) is 9.88 Å². The second kappa shape index (κ2) is 7.22. The van der Waals surface area contributed by atoms with E-state index in [9.17, 15) is 0 Å². The van der Waals surface area contributed by atoms with Gasteiger partial charge in [-0.3, -0.25) is 4.90 Å².